The summed E-state index contributed by atoms with van der Waals surface area (Å²) in [4.78, 5) is 26.0. The summed E-state index contributed by atoms with van der Waals surface area (Å²) in [6.45, 7) is 12.9. The quantitative estimate of drug-likeness (QED) is 0.836. The van der Waals surface area contributed by atoms with Crippen LogP contribution in [0.1, 0.15) is 48.3 Å². The number of hydrogen-bond donors (Lipinski definition) is 0. The summed E-state index contributed by atoms with van der Waals surface area (Å²) in [7, 11) is 0. The van der Waals surface area contributed by atoms with Crippen LogP contribution in [-0.4, -0.2) is 52.1 Å². The standard InChI is InChI=1S/C19H27N5O2/c1-12(2)19-20-13(3)10-17(21-19)23-6-8-24(9-7-23)18(25)11-16-14(4)22-26-15(16)5/h10,12H,6-9,11H2,1-5H3. The summed E-state index contributed by atoms with van der Waals surface area (Å²) in [5.74, 6) is 2.98. The largest absolute Gasteiger partial charge is 0.361 e. The molecule has 1 fully saturated rings. The van der Waals surface area contributed by atoms with Gasteiger partial charge >= 0.3 is 0 Å². The van der Waals surface area contributed by atoms with E-state index in [2.05, 4.69) is 28.9 Å². The zero-order chi connectivity index (χ0) is 18.8. The zero-order valence-corrected chi connectivity index (χ0v) is 16.2. The first-order chi connectivity index (χ1) is 12.3. The van der Waals surface area contributed by atoms with Gasteiger partial charge in [-0.3, -0.25) is 4.79 Å². The number of aryl methyl sites for hydroxylation is 3. The number of piperazine rings is 1. The van der Waals surface area contributed by atoms with Gasteiger partial charge in [-0.05, 0) is 20.8 Å². The van der Waals surface area contributed by atoms with Crippen LogP contribution in [0.3, 0.4) is 0 Å². The Kier molecular flexibility index (Phi) is 5.25. The number of aromatic nitrogens is 3. The molecule has 0 radical (unpaired) electrons. The molecular formula is C19H27N5O2. The first-order valence-electron chi connectivity index (χ1n) is 9.15. The number of carbonyl (C=O) groups excluding carboxylic acids is 1. The molecule has 0 aliphatic carbocycles. The van der Waals surface area contributed by atoms with Gasteiger partial charge in [0.1, 0.15) is 17.4 Å². The van der Waals surface area contributed by atoms with E-state index in [0.717, 1.165) is 47.4 Å². The number of nitrogens with zero attached hydrogens (tertiary/aromatic N) is 5. The number of amides is 1. The Morgan fingerprint density at radius 2 is 1.85 bits per heavy atom. The lowest BCUT2D eigenvalue weighted by Gasteiger charge is -2.35. The topological polar surface area (TPSA) is 75.4 Å². The van der Waals surface area contributed by atoms with E-state index in [1.54, 1.807) is 0 Å². The van der Waals surface area contributed by atoms with Gasteiger partial charge in [-0.25, -0.2) is 9.97 Å². The molecule has 26 heavy (non-hydrogen) atoms. The van der Waals surface area contributed by atoms with E-state index in [1.165, 1.54) is 0 Å². The second-order valence-electron chi connectivity index (χ2n) is 7.23. The van der Waals surface area contributed by atoms with Crippen LogP contribution in [0.15, 0.2) is 10.6 Å². The SMILES string of the molecule is Cc1cc(N2CCN(C(=O)Cc3c(C)noc3C)CC2)nc(C(C)C)n1. The molecule has 7 nitrogen and oxygen atoms in total. The normalized spacial score (nSPS) is 15.0. The highest BCUT2D eigenvalue weighted by Gasteiger charge is 2.24. The fourth-order valence-electron chi connectivity index (χ4n) is 3.20. The molecular weight excluding hydrogens is 330 g/mol. The van der Waals surface area contributed by atoms with Gasteiger partial charge in [0, 0.05) is 49.4 Å². The highest BCUT2D eigenvalue weighted by molar-refractivity contribution is 5.79. The number of anilines is 1. The molecule has 1 amide bonds. The van der Waals surface area contributed by atoms with E-state index in [9.17, 15) is 4.79 Å². The van der Waals surface area contributed by atoms with Crippen LogP contribution >= 0.6 is 0 Å². The van der Waals surface area contributed by atoms with Gasteiger partial charge in [0.25, 0.3) is 0 Å². The van der Waals surface area contributed by atoms with E-state index in [4.69, 9.17) is 9.51 Å². The van der Waals surface area contributed by atoms with Crippen molar-refractivity contribution >= 4 is 11.7 Å². The lowest BCUT2D eigenvalue weighted by Crippen LogP contribution is -2.49. The van der Waals surface area contributed by atoms with Gasteiger partial charge in [-0.2, -0.15) is 0 Å². The first kappa shape index (κ1) is 18.4. The molecule has 1 aliphatic rings. The second-order valence-corrected chi connectivity index (χ2v) is 7.23. The van der Waals surface area contributed by atoms with Crippen molar-refractivity contribution in [2.24, 2.45) is 0 Å². The lowest BCUT2D eigenvalue weighted by atomic mass is 10.1. The van der Waals surface area contributed by atoms with Crippen molar-refractivity contribution in [2.75, 3.05) is 31.1 Å². The van der Waals surface area contributed by atoms with Crippen molar-refractivity contribution in [2.45, 2.75) is 47.0 Å². The molecule has 0 unspecified atom stereocenters. The second kappa shape index (κ2) is 7.43. The summed E-state index contributed by atoms with van der Waals surface area (Å²) in [6, 6.07) is 2.02. The Labute approximate surface area is 154 Å². The molecule has 1 aliphatic heterocycles. The third-order valence-corrected chi connectivity index (χ3v) is 4.84. The Hall–Kier alpha value is -2.44. The lowest BCUT2D eigenvalue weighted by molar-refractivity contribution is -0.130. The molecule has 7 heteroatoms. The Morgan fingerprint density at radius 1 is 1.15 bits per heavy atom. The summed E-state index contributed by atoms with van der Waals surface area (Å²) < 4.78 is 5.16. The van der Waals surface area contributed by atoms with Crippen molar-refractivity contribution < 1.29 is 9.32 Å². The van der Waals surface area contributed by atoms with Crippen LogP contribution < -0.4 is 4.90 Å². The molecule has 2 aromatic rings. The maximum atomic E-state index is 12.6. The molecule has 0 aromatic carbocycles. The monoisotopic (exact) mass is 357 g/mol. The van der Waals surface area contributed by atoms with Crippen LogP contribution in [0.4, 0.5) is 5.82 Å². The molecule has 0 saturated carbocycles. The van der Waals surface area contributed by atoms with Crippen LogP contribution in [0, 0.1) is 20.8 Å². The van der Waals surface area contributed by atoms with Crippen LogP contribution in [0.2, 0.25) is 0 Å². The van der Waals surface area contributed by atoms with E-state index in [-0.39, 0.29) is 5.91 Å². The van der Waals surface area contributed by atoms with Crippen molar-refractivity contribution in [3.05, 3.63) is 34.6 Å². The molecule has 0 atom stereocenters. The molecule has 3 heterocycles. The highest BCUT2D eigenvalue weighted by Crippen LogP contribution is 2.20. The maximum absolute atomic E-state index is 12.6. The number of hydrogen-bond acceptors (Lipinski definition) is 6. The van der Waals surface area contributed by atoms with Crippen LogP contribution in [-0.2, 0) is 11.2 Å². The molecule has 0 spiro atoms. The Morgan fingerprint density at radius 3 is 2.42 bits per heavy atom. The molecule has 1 saturated heterocycles. The average molecular weight is 357 g/mol. The van der Waals surface area contributed by atoms with Crippen molar-refractivity contribution in [1.29, 1.82) is 0 Å². The molecule has 0 N–H and O–H groups in total. The van der Waals surface area contributed by atoms with E-state index < -0.39 is 0 Å². The first-order valence-corrected chi connectivity index (χ1v) is 9.15. The minimum absolute atomic E-state index is 0.126. The van der Waals surface area contributed by atoms with Crippen LogP contribution in [0.5, 0.6) is 0 Å². The Bertz CT molecular complexity index is 772. The van der Waals surface area contributed by atoms with Crippen molar-refractivity contribution in [3.63, 3.8) is 0 Å². The summed E-state index contributed by atoms with van der Waals surface area (Å²) in [6.07, 6.45) is 0.352. The number of rotatable bonds is 4. The predicted octanol–water partition coefficient (Wildman–Crippen LogP) is 2.40. The van der Waals surface area contributed by atoms with Gasteiger partial charge in [0.2, 0.25) is 5.91 Å². The van der Waals surface area contributed by atoms with Gasteiger partial charge in [0.05, 0.1) is 12.1 Å². The summed E-state index contributed by atoms with van der Waals surface area (Å²) in [5, 5.41) is 3.93. The fraction of sp³-hybridized carbons (Fsp3) is 0.579. The van der Waals surface area contributed by atoms with Gasteiger partial charge < -0.3 is 14.3 Å². The maximum Gasteiger partial charge on any atom is 0.227 e. The van der Waals surface area contributed by atoms with Crippen molar-refractivity contribution in [3.8, 4) is 0 Å². The molecule has 0 bridgehead atoms. The molecule has 2 aromatic heterocycles. The molecule has 3 rings (SSSR count). The van der Waals surface area contributed by atoms with E-state index >= 15 is 0 Å². The third kappa shape index (κ3) is 3.86. The third-order valence-electron chi connectivity index (χ3n) is 4.84. The Balaban J connectivity index is 1.63. The number of carbonyl (C=O) groups is 1. The highest BCUT2D eigenvalue weighted by atomic mass is 16.5. The van der Waals surface area contributed by atoms with Crippen LogP contribution in [0.25, 0.3) is 0 Å². The minimum atomic E-state index is 0.126. The van der Waals surface area contributed by atoms with Crippen molar-refractivity contribution in [1.82, 2.24) is 20.0 Å². The smallest absolute Gasteiger partial charge is 0.227 e. The van der Waals surface area contributed by atoms with Gasteiger partial charge in [-0.1, -0.05) is 19.0 Å². The predicted molar refractivity (Wildman–Crippen MR) is 99.3 cm³/mol. The summed E-state index contributed by atoms with van der Waals surface area (Å²) >= 11 is 0. The molecule has 140 valence electrons. The average Bonchev–Trinajstić information content (AvgIpc) is 2.93. The van der Waals surface area contributed by atoms with E-state index in [1.807, 2.05) is 31.7 Å². The summed E-state index contributed by atoms with van der Waals surface area (Å²) in [5.41, 5.74) is 2.69. The zero-order valence-electron chi connectivity index (χ0n) is 16.2. The van der Waals surface area contributed by atoms with Gasteiger partial charge in [-0.15, -0.1) is 0 Å². The van der Waals surface area contributed by atoms with Gasteiger partial charge in [0.15, 0.2) is 0 Å². The minimum Gasteiger partial charge on any atom is -0.361 e. The van der Waals surface area contributed by atoms with E-state index in [0.29, 0.717) is 25.4 Å². The fourth-order valence-corrected chi connectivity index (χ4v) is 3.20.